The first-order valence-electron chi connectivity index (χ1n) is 5.24. The van der Waals surface area contributed by atoms with Gasteiger partial charge in [0.25, 0.3) is 5.91 Å². The Balaban J connectivity index is 2.30. The van der Waals surface area contributed by atoms with Crippen molar-refractivity contribution in [2.24, 2.45) is 5.73 Å². The molecule has 0 fully saturated rings. The first-order chi connectivity index (χ1) is 8.27. The Bertz CT molecular complexity index is 589. The summed E-state index contributed by atoms with van der Waals surface area (Å²) < 4.78 is 0. The van der Waals surface area contributed by atoms with Gasteiger partial charge in [-0.05, 0) is 6.07 Å². The minimum atomic E-state index is -0.445. The van der Waals surface area contributed by atoms with E-state index in [-0.39, 0.29) is 0 Å². The van der Waals surface area contributed by atoms with Crippen molar-refractivity contribution in [1.82, 2.24) is 4.98 Å². The summed E-state index contributed by atoms with van der Waals surface area (Å²) in [5.74, 6) is -0.445. The lowest BCUT2D eigenvalue weighted by Gasteiger charge is -2.07. The van der Waals surface area contributed by atoms with Gasteiger partial charge >= 0.3 is 0 Å². The molecule has 0 bridgehead atoms. The van der Waals surface area contributed by atoms with Gasteiger partial charge in [0.15, 0.2) is 0 Å². The van der Waals surface area contributed by atoms with Crippen LogP contribution in [0.2, 0.25) is 0 Å². The fraction of sp³-hybridized carbons (Fsp3) is 0.0833. The fourth-order valence-electron chi connectivity index (χ4n) is 2.06. The number of para-hydroxylation sites is 1. The van der Waals surface area contributed by atoms with Gasteiger partial charge < -0.3 is 10.7 Å². The minimum Gasteiger partial charge on any atom is -0.366 e. The number of nitrogens with two attached hydrogens (primary N) is 1. The molecule has 17 heavy (non-hydrogen) atoms. The van der Waals surface area contributed by atoms with E-state index in [0.717, 1.165) is 22.5 Å². The van der Waals surface area contributed by atoms with Gasteiger partial charge in [0.1, 0.15) is 6.61 Å². The second kappa shape index (κ2) is 3.64. The number of primary amides is 1. The molecular weight excluding hydrogens is 218 g/mol. The van der Waals surface area contributed by atoms with E-state index < -0.39 is 5.91 Å². The predicted molar refractivity (Wildman–Crippen MR) is 63.2 cm³/mol. The van der Waals surface area contributed by atoms with E-state index in [1.165, 1.54) is 0 Å². The quantitative estimate of drug-likeness (QED) is 0.695. The van der Waals surface area contributed by atoms with E-state index in [0.29, 0.717) is 12.2 Å². The van der Waals surface area contributed by atoms with Crippen molar-refractivity contribution in [3.63, 3.8) is 0 Å². The first-order valence-corrected chi connectivity index (χ1v) is 5.24. The van der Waals surface area contributed by atoms with Crippen LogP contribution in [-0.4, -0.2) is 10.9 Å². The normalized spacial score (nSPS) is 13.2. The number of aromatic amines is 1. The number of hydrogen-bond acceptors (Lipinski definition) is 3. The number of carbonyl (C=O) groups excluding carboxylic acids is 1. The largest absolute Gasteiger partial charge is 0.366 e. The molecule has 0 saturated carbocycles. The Kier molecular flexibility index (Phi) is 2.12. The third-order valence-electron chi connectivity index (χ3n) is 2.82. The highest BCUT2D eigenvalue weighted by Crippen LogP contribution is 2.35. The molecule has 1 amide bonds. The fourth-order valence-corrected chi connectivity index (χ4v) is 2.06. The van der Waals surface area contributed by atoms with Crippen LogP contribution in [0.25, 0.3) is 11.1 Å². The third kappa shape index (κ3) is 1.48. The smallest absolute Gasteiger partial charge is 0.250 e. The number of anilines is 1. The zero-order valence-corrected chi connectivity index (χ0v) is 8.99. The van der Waals surface area contributed by atoms with Crippen LogP contribution in [0.4, 0.5) is 5.69 Å². The number of fused-ring (bicyclic) bond motifs is 3. The van der Waals surface area contributed by atoms with Gasteiger partial charge in [-0.2, -0.15) is 0 Å². The van der Waals surface area contributed by atoms with Crippen molar-refractivity contribution in [3.8, 4) is 11.1 Å². The highest BCUT2D eigenvalue weighted by molar-refractivity contribution is 6.02. The number of amides is 1. The summed E-state index contributed by atoms with van der Waals surface area (Å²) >= 11 is 0. The molecule has 3 rings (SSSR count). The summed E-state index contributed by atoms with van der Waals surface area (Å²) in [6.07, 6.45) is 1.62. The van der Waals surface area contributed by atoms with Crippen molar-refractivity contribution in [2.45, 2.75) is 6.61 Å². The second-order valence-electron chi connectivity index (χ2n) is 3.86. The Labute approximate surface area is 97.5 Å². The van der Waals surface area contributed by atoms with E-state index in [2.05, 4.69) is 10.5 Å². The van der Waals surface area contributed by atoms with E-state index in [4.69, 9.17) is 10.6 Å². The molecule has 1 aromatic carbocycles. The molecular formula is C12H11N3O2. The highest BCUT2D eigenvalue weighted by Gasteiger charge is 2.21. The molecule has 0 atom stereocenters. The molecule has 1 aromatic heterocycles. The van der Waals surface area contributed by atoms with Crippen molar-refractivity contribution >= 4 is 11.6 Å². The number of benzene rings is 1. The number of carbonyl (C=O) groups is 1. The lowest BCUT2D eigenvalue weighted by molar-refractivity contribution is 0.100. The van der Waals surface area contributed by atoms with Crippen LogP contribution in [0.5, 0.6) is 0 Å². The zero-order valence-electron chi connectivity index (χ0n) is 8.99. The van der Waals surface area contributed by atoms with Crippen molar-refractivity contribution < 1.29 is 9.63 Å². The topological polar surface area (TPSA) is 80.1 Å². The van der Waals surface area contributed by atoms with E-state index in [1.807, 2.05) is 24.3 Å². The Morgan fingerprint density at radius 1 is 1.35 bits per heavy atom. The lowest BCUT2D eigenvalue weighted by Crippen LogP contribution is -2.11. The Morgan fingerprint density at radius 2 is 2.18 bits per heavy atom. The molecule has 0 spiro atoms. The maximum absolute atomic E-state index is 11.4. The molecule has 0 radical (unpaired) electrons. The Hall–Kier alpha value is -2.27. The van der Waals surface area contributed by atoms with Gasteiger partial charge in [0.2, 0.25) is 0 Å². The summed E-state index contributed by atoms with van der Waals surface area (Å²) in [6.45, 7) is 0.358. The van der Waals surface area contributed by atoms with E-state index >= 15 is 0 Å². The average molecular weight is 229 g/mol. The van der Waals surface area contributed by atoms with Gasteiger partial charge in [-0.15, -0.1) is 0 Å². The second-order valence-corrected chi connectivity index (χ2v) is 3.86. The van der Waals surface area contributed by atoms with Crippen LogP contribution in [-0.2, 0) is 11.4 Å². The maximum atomic E-state index is 11.4. The lowest BCUT2D eigenvalue weighted by atomic mass is 10.00. The van der Waals surface area contributed by atoms with Crippen molar-refractivity contribution in [1.29, 1.82) is 0 Å². The first kappa shape index (κ1) is 9.92. The molecule has 0 unspecified atom stereocenters. The summed E-state index contributed by atoms with van der Waals surface area (Å²) in [5, 5.41) is 0. The monoisotopic (exact) mass is 229 g/mol. The average Bonchev–Trinajstić information content (AvgIpc) is 2.66. The van der Waals surface area contributed by atoms with Crippen LogP contribution >= 0.6 is 0 Å². The summed E-state index contributed by atoms with van der Waals surface area (Å²) in [5.41, 5.74) is 12.1. The zero-order chi connectivity index (χ0) is 11.8. The molecule has 0 saturated heterocycles. The van der Waals surface area contributed by atoms with Crippen molar-refractivity contribution in [2.75, 3.05) is 5.48 Å². The van der Waals surface area contributed by atoms with Gasteiger partial charge in [0, 0.05) is 17.3 Å². The molecule has 0 aliphatic carbocycles. The molecule has 2 heterocycles. The molecule has 5 nitrogen and oxygen atoms in total. The summed E-state index contributed by atoms with van der Waals surface area (Å²) in [6, 6.07) is 7.63. The predicted octanol–water partition coefficient (Wildman–Crippen LogP) is 1.64. The van der Waals surface area contributed by atoms with Crippen LogP contribution in [0.15, 0.2) is 30.5 Å². The molecule has 4 N–H and O–H groups in total. The maximum Gasteiger partial charge on any atom is 0.250 e. The van der Waals surface area contributed by atoms with Gasteiger partial charge in [0.05, 0.1) is 16.9 Å². The van der Waals surface area contributed by atoms with Crippen molar-refractivity contribution in [3.05, 3.63) is 41.7 Å². The van der Waals surface area contributed by atoms with Crippen LogP contribution in [0, 0.1) is 0 Å². The molecule has 1 aliphatic heterocycles. The van der Waals surface area contributed by atoms with Crippen LogP contribution in [0.3, 0.4) is 0 Å². The van der Waals surface area contributed by atoms with Crippen LogP contribution in [0.1, 0.15) is 16.1 Å². The molecule has 5 heteroatoms. The number of H-pyrrole nitrogens is 1. The SMILES string of the molecule is NC(=O)c1c[nH]c2c1-c1ccccc1NOC2. The van der Waals surface area contributed by atoms with E-state index in [1.54, 1.807) is 6.20 Å². The molecule has 86 valence electrons. The molecule has 2 aromatic rings. The van der Waals surface area contributed by atoms with Crippen LogP contribution < -0.4 is 11.2 Å². The third-order valence-corrected chi connectivity index (χ3v) is 2.82. The molecule has 1 aliphatic rings. The van der Waals surface area contributed by atoms with Gasteiger partial charge in [-0.3, -0.25) is 15.1 Å². The number of aromatic nitrogens is 1. The minimum absolute atomic E-state index is 0.358. The number of rotatable bonds is 1. The van der Waals surface area contributed by atoms with E-state index in [9.17, 15) is 4.79 Å². The highest BCUT2D eigenvalue weighted by atomic mass is 16.6. The van der Waals surface area contributed by atoms with Gasteiger partial charge in [-0.25, -0.2) is 0 Å². The number of hydrogen-bond donors (Lipinski definition) is 3. The van der Waals surface area contributed by atoms with Gasteiger partial charge in [-0.1, -0.05) is 18.2 Å². The summed E-state index contributed by atoms with van der Waals surface area (Å²) in [7, 11) is 0. The summed E-state index contributed by atoms with van der Waals surface area (Å²) in [4.78, 5) is 19.7. The Morgan fingerprint density at radius 3 is 3.00 bits per heavy atom. The standard InChI is InChI=1S/C12H11N3O2/c13-12(16)8-5-14-10-6-17-15-9-4-2-1-3-7(9)11(8)10/h1-5,14-15H,6H2,(H2,13,16). The number of nitrogens with one attached hydrogen (secondary N) is 2.